The molecule has 0 unspecified atom stereocenters. The van der Waals surface area contributed by atoms with E-state index in [0.29, 0.717) is 43.2 Å². The van der Waals surface area contributed by atoms with Crippen LogP contribution in [0.4, 0.5) is 0 Å². The van der Waals surface area contributed by atoms with Crippen LogP contribution in [0.2, 0.25) is 0 Å². The van der Waals surface area contributed by atoms with Crippen LogP contribution in [-0.4, -0.2) is 57.5 Å². The zero-order valence-corrected chi connectivity index (χ0v) is 21.8. The lowest BCUT2D eigenvalue weighted by Gasteiger charge is -2.30. The first-order valence-electron chi connectivity index (χ1n) is 13.1. The molecule has 1 N–H and O–H groups in total. The van der Waals surface area contributed by atoms with E-state index in [1.54, 1.807) is 15.6 Å². The minimum Gasteiger partial charge on any atom is -0.464 e. The number of nitrogens with one attached hydrogen (secondary N) is 1. The molecule has 9 nitrogen and oxygen atoms in total. The molecule has 0 radical (unpaired) electrons. The van der Waals surface area contributed by atoms with Gasteiger partial charge in [0.1, 0.15) is 23.6 Å². The Balaban J connectivity index is 1.45. The average molecular weight is 516 g/mol. The number of carbonyl (C=O) groups excluding carboxylic acids is 2. The predicted octanol–water partition coefficient (Wildman–Crippen LogP) is 3.75. The van der Waals surface area contributed by atoms with E-state index < -0.39 is 6.04 Å². The molecule has 3 heterocycles. The highest BCUT2D eigenvalue weighted by molar-refractivity contribution is 5.88. The molecule has 1 aliphatic rings. The first kappa shape index (κ1) is 25.7. The van der Waals surface area contributed by atoms with Crippen molar-refractivity contribution in [2.45, 2.75) is 51.8 Å². The highest BCUT2D eigenvalue weighted by atomic mass is 16.5. The van der Waals surface area contributed by atoms with E-state index in [1.165, 1.54) is 0 Å². The van der Waals surface area contributed by atoms with Crippen LogP contribution in [0.3, 0.4) is 0 Å². The van der Waals surface area contributed by atoms with Crippen LogP contribution in [0.1, 0.15) is 41.5 Å². The van der Waals surface area contributed by atoms with E-state index in [9.17, 15) is 9.59 Å². The summed E-state index contributed by atoms with van der Waals surface area (Å²) >= 11 is 0. The van der Waals surface area contributed by atoms with Crippen molar-refractivity contribution in [2.75, 3.05) is 19.7 Å². The van der Waals surface area contributed by atoms with E-state index in [-0.39, 0.29) is 24.5 Å². The van der Waals surface area contributed by atoms with Crippen molar-refractivity contribution in [3.05, 3.63) is 83.3 Å². The number of amides is 2. The number of rotatable bonds is 10. The second-order valence-electron chi connectivity index (χ2n) is 9.73. The zero-order chi connectivity index (χ0) is 26.5. The summed E-state index contributed by atoms with van der Waals surface area (Å²) in [7, 11) is 0. The van der Waals surface area contributed by atoms with Crippen molar-refractivity contribution in [1.82, 2.24) is 25.2 Å². The van der Waals surface area contributed by atoms with E-state index >= 15 is 0 Å². The summed E-state index contributed by atoms with van der Waals surface area (Å²) in [4.78, 5) is 29.2. The van der Waals surface area contributed by atoms with E-state index in [0.717, 1.165) is 29.5 Å². The molecule has 1 fully saturated rings. The summed E-state index contributed by atoms with van der Waals surface area (Å²) in [6, 6.07) is 18.2. The van der Waals surface area contributed by atoms with Gasteiger partial charge in [0, 0.05) is 19.7 Å². The summed E-state index contributed by atoms with van der Waals surface area (Å²) in [5.74, 6) is 0.552. The van der Waals surface area contributed by atoms with Crippen molar-refractivity contribution in [3.63, 3.8) is 0 Å². The first-order chi connectivity index (χ1) is 18.5. The summed E-state index contributed by atoms with van der Waals surface area (Å²) in [5.41, 5.74) is 3.72. The van der Waals surface area contributed by atoms with Crippen LogP contribution in [0.25, 0.3) is 11.0 Å². The van der Waals surface area contributed by atoms with E-state index in [2.05, 4.69) is 15.6 Å². The molecule has 198 valence electrons. The molecule has 4 aromatic rings. The minimum atomic E-state index is -0.934. The van der Waals surface area contributed by atoms with Gasteiger partial charge in [-0.25, -0.2) is 4.68 Å². The fraction of sp³-hybridized carbons (Fsp3) is 0.379. The minimum absolute atomic E-state index is 0.0180. The van der Waals surface area contributed by atoms with E-state index in [1.807, 2.05) is 68.4 Å². The summed E-state index contributed by atoms with van der Waals surface area (Å²) in [6.07, 6.45) is 2.45. The number of benzene rings is 2. The fourth-order valence-corrected chi connectivity index (χ4v) is 4.92. The third kappa shape index (κ3) is 5.78. The Hall–Kier alpha value is -3.98. The fourth-order valence-electron chi connectivity index (χ4n) is 4.92. The van der Waals surface area contributed by atoms with Gasteiger partial charge in [0.25, 0.3) is 5.91 Å². The normalized spacial score (nSPS) is 16.0. The Morgan fingerprint density at radius 1 is 1.11 bits per heavy atom. The van der Waals surface area contributed by atoms with Crippen LogP contribution in [-0.2, 0) is 27.3 Å². The Bertz CT molecular complexity index is 1400. The maximum Gasteiger partial charge on any atom is 0.250 e. The van der Waals surface area contributed by atoms with Gasteiger partial charge in [-0.05, 0) is 68.5 Å². The number of furan rings is 1. The number of para-hydroxylation sites is 1. The third-order valence-corrected chi connectivity index (χ3v) is 7.03. The number of fused-ring (bicyclic) bond motifs is 1. The molecular formula is C29H33N5O4. The lowest BCUT2D eigenvalue weighted by molar-refractivity contribution is -0.142. The van der Waals surface area contributed by atoms with Gasteiger partial charge in [0.2, 0.25) is 5.91 Å². The van der Waals surface area contributed by atoms with Crippen LogP contribution < -0.4 is 5.32 Å². The van der Waals surface area contributed by atoms with Gasteiger partial charge in [0.15, 0.2) is 6.04 Å². The smallest absolute Gasteiger partial charge is 0.250 e. The van der Waals surface area contributed by atoms with Crippen molar-refractivity contribution < 1.29 is 18.7 Å². The van der Waals surface area contributed by atoms with Crippen molar-refractivity contribution in [2.24, 2.45) is 0 Å². The molecule has 2 aromatic carbocycles. The third-order valence-electron chi connectivity index (χ3n) is 7.03. The molecule has 38 heavy (non-hydrogen) atoms. The van der Waals surface area contributed by atoms with Crippen molar-refractivity contribution in [1.29, 1.82) is 0 Å². The summed E-state index contributed by atoms with van der Waals surface area (Å²) < 4.78 is 13.2. The topological polar surface area (TPSA) is 102 Å². The molecule has 1 aliphatic heterocycles. The van der Waals surface area contributed by atoms with Crippen LogP contribution in [0, 0.1) is 13.8 Å². The number of hydrogen-bond donors (Lipinski definition) is 1. The molecule has 0 bridgehead atoms. The van der Waals surface area contributed by atoms with Gasteiger partial charge in [-0.3, -0.25) is 9.59 Å². The monoisotopic (exact) mass is 515 g/mol. The lowest BCUT2D eigenvalue weighted by atomic mass is 10.0. The molecule has 0 spiro atoms. The van der Waals surface area contributed by atoms with Crippen LogP contribution in [0.5, 0.6) is 0 Å². The second kappa shape index (κ2) is 11.6. The molecule has 2 atom stereocenters. The van der Waals surface area contributed by atoms with Gasteiger partial charge in [-0.2, -0.15) is 0 Å². The molecule has 2 amide bonds. The van der Waals surface area contributed by atoms with Gasteiger partial charge in [-0.1, -0.05) is 41.6 Å². The number of aryl methyl sites for hydroxylation is 2. The lowest BCUT2D eigenvalue weighted by Crippen LogP contribution is -2.47. The molecule has 1 saturated heterocycles. The summed E-state index contributed by atoms with van der Waals surface area (Å²) in [5, 5.41) is 11.4. The van der Waals surface area contributed by atoms with Crippen molar-refractivity contribution in [3.8, 4) is 0 Å². The van der Waals surface area contributed by atoms with Gasteiger partial charge < -0.3 is 19.4 Å². The Kier molecular flexibility index (Phi) is 7.83. The number of carbonyl (C=O) groups is 2. The number of ether oxygens (including phenoxy) is 1. The Morgan fingerprint density at radius 2 is 1.92 bits per heavy atom. The van der Waals surface area contributed by atoms with Crippen LogP contribution in [0.15, 0.2) is 65.1 Å². The maximum absolute atomic E-state index is 13.9. The maximum atomic E-state index is 13.9. The molecule has 5 rings (SSSR count). The zero-order valence-electron chi connectivity index (χ0n) is 21.8. The number of aromatic nitrogens is 3. The van der Waals surface area contributed by atoms with Crippen molar-refractivity contribution >= 4 is 22.8 Å². The van der Waals surface area contributed by atoms with Crippen LogP contribution >= 0.6 is 0 Å². The van der Waals surface area contributed by atoms with Gasteiger partial charge in [0.05, 0.1) is 11.6 Å². The molecule has 0 saturated carbocycles. The highest BCUT2D eigenvalue weighted by Crippen LogP contribution is 2.26. The number of nitrogens with zero attached hydrogens (tertiary/aromatic N) is 4. The van der Waals surface area contributed by atoms with Gasteiger partial charge in [-0.15, -0.1) is 5.10 Å². The quantitative estimate of drug-likeness (QED) is 0.345. The summed E-state index contributed by atoms with van der Waals surface area (Å²) in [6.45, 7) is 5.24. The second-order valence-corrected chi connectivity index (χ2v) is 9.73. The molecule has 9 heteroatoms. The Morgan fingerprint density at radius 3 is 2.68 bits per heavy atom. The van der Waals surface area contributed by atoms with E-state index in [4.69, 9.17) is 9.15 Å². The SMILES string of the molecule is Cc1ccc([C@@H](C(=O)NC[C@H]2CCCO2)N(CCc2ccccc2C)C(=O)Cn2nnc3ccccc32)o1. The molecular weight excluding hydrogens is 482 g/mol. The average Bonchev–Trinajstić information content (AvgIpc) is 3.68. The predicted molar refractivity (Wildman–Crippen MR) is 142 cm³/mol. The first-order valence-corrected chi connectivity index (χ1v) is 13.1. The molecule has 2 aromatic heterocycles. The van der Waals surface area contributed by atoms with Gasteiger partial charge >= 0.3 is 0 Å². The largest absolute Gasteiger partial charge is 0.464 e. The highest BCUT2D eigenvalue weighted by Gasteiger charge is 2.34. The molecule has 0 aliphatic carbocycles. The standard InChI is InChI=1S/C29H33N5O4/c1-20-8-3-4-9-22(20)15-16-33(27(35)19-34-25-12-6-5-11-24(25)31-32-34)28(26-14-13-21(2)38-26)29(36)30-18-23-10-7-17-37-23/h3-6,8-9,11-14,23,28H,7,10,15-19H2,1-2H3,(H,30,36)/t23-,28+/m1/s1. The Labute approximate surface area is 221 Å². The number of hydrogen-bond acceptors (Lipinski definition) is 6.